The second-order valence-corrected chi connectivity index (χ2v) is 9.36. The van der Waals surface area contributed by atoms with E-state index in [1.165, 1.54) is 0 Å². The van der Waals surface area contributed by atoms with Gasteiger partial charge in [-0.3, -0.25) is 0 Å². The molecule has 31 heavy (non-hydrogen) atoms. The molecule has 1 aliphatic rings. The van der Waals surface area contributed by atoms with Crippen LogP contribution in [0, 0.1) is 13.8 Å². The summed E-state index contributed by atoms with van der Waals surface area (Å²) < 4.78 is 8.21. The molecule has 0 amide bonds. The molecule has 0 unspecified atom stereocenters. The summed E-state index contributed by atoms with van der Waals surface area (Å²) in [5.74, 6) is 6.18. The number of nitrogens with two attached hydrogens (primary N) is 1. The molecule has 2 aromatic carbocycles. The van der Waals surface area contributed by atoms with E-state index in [-0.39, 0.29) is 0 Å². The molecule has 8 heteroatoms. The molecule has 0 radical (unpaired) electrons. The summed E-state index contributed by atoms with van der Waals surface area (Å²) in [4.78, 5) is 17.3. The fraction of sp³-hybridized carbons (Fsp3) is 0.391. The van der Waals surface area contributed by atoms with Gasteiger partial charge in [-0.1, -0.05) is 23.7 Å². The maximum absolute atomic E-state index is 12.5. The van der Waals surface area contributed by atoms with Crippen molar-refractivity contribution in [3.05, 3.63) is 46.2 Å². The van der Waals surface area contributed by atoms with Crippen molar-refractivity contribution >= 4 is 34.3 Å². The topological polar surface area (TPSA) is 93.6 Å². The van der Waals surface area contributed by atoms with Crippen LogP contribution >= 0.6 is 11.6 Å². The van der Waals surface area contributed by atoms with Gasteiger partial charge in [0.2, 0.25) is 0 Å². The first kappa shape index (κ1) is 21.6. The van der Waals surface area contributed by atoms with Gasteiger partial charge in [0.25, 0.3) is 0 Å². The number of carbonyl (C=O) groups is 1. The predicted molar refractivity (Wildman–Crippen MR) is 122 cm³/mol. The number of hydrazine groups is 1. The fourth-order valence-corrected chi connectivity index (χ4v) is 4.49. The number of imidazole rings is 1. The molecule has 3 N–H and O–H groups in total. The highest BCUT2D eigenvalue weighted by Gasteiger charge is 2.36. The first-order chi connectivity index (χ1) is 14.5. The number of aromatic nitrogens is 2. The fourth-order valence-electron chi connectivity index (χ4n) is 4.37. The van der Waals surface area contributed by atoms with Crippen LogP contribution in [0.1, 0.15) is 43.8 Å². The van der Waals surface area contributed by atoms with E-state index in [0.29, 0.717) is 29.2 Å². The Labute approximate surface area is 186 Å². The van der Waals surface area contributed by atoms with Crippen molar-refractivity contribution in [2.24, 2.45) is 5.84 Å². The zero-order valence-corrected chi connectivity index (χ0v) is 19.1. The molecule has 0 saturated carbocycles. The van der Waals surface area contributed by atoms with Gasteiger partial charge in [0, 0.05) is 22.7 Å². The van der Waals surface area contributed by atoms with Crippen molar-refractivity contribution in [2.45, 2.75) is 52.9 Å². The number of hydrogen-bond donors (Lipinski definition) is 2. The first-order valence-electron chi connectivity index (χ1n) is 10.2. The van der Waals surface area contributed by atoms with Crippen LogP contribution in [0.5, 0.6) is 0 Å². The normalized spacial score (nSPS) is 14.9. The van der Waals surface area contributed by atoms with Crippen LogP contribution in [0.15, 0.2) is 24.3 Å². The molecule has 0 aliphatic carbocycles. The number of rotatable bonds is 4. The number of carboxylic acid groups (broad SMARTS) is 1. The Balaban J connectivity index is 2.16. The van der Waals surface area contributed by atoms with E-state index in [1.54, 1.807) is 17.1 Å². The van der Waals surface area contributed by atoms with Gasteiger partial charge in [-0.25, -0.2) is 15.6 Å². The summed E-state index contributed by atoms with van der Waals surface area (Å²) in [5.41, 5.74) is 4.66. The molecular formula is C23H27ClN4O3. The van der Waals surface area contributed by atoms with Gasteiger partial charge in [0.15, 0.2) is 6.10 Å². The summed E-state index contributed by atoms with van der Waals surface area (Å²) in [7, 11) is 0. The molecule has 0 bridgehead atoms. The van der Waals surface area contributed by atoms with Crippen molar-refractivity contribution in [1.29, 1.82) is 0 Å². The highest BCUT2D eigenvalue weighted by atomic mass is 35.5. The van der Waals surface area contributed by atoms with Crippen molar-refractivity contribution in [2.75, 3.05) is 11.6 Å². The average Bonchev–Trinajstić information content (AvgIpc) is 3.00. The van der Waals surface area contributed by atoms with Crippen LogP contribution in [-0.2, 0) is 16.1 Å². The Hall–Kier alpha value is -2.61. The van der Waals surface area contributed by atoms with Gasteiger partial charge >= 0.3 is 5.97 Å². The number of carboxylic acids is 1. The molecule has 1 aromatic heterocycles. The molecule has 7 nitrogen and oxygen atoms in total. The number of ether oxygens (including phenoxy) is 1. The van der Waals surface area contributed by atoms with Gasteiger partial charge in [-0.15, -0.1) is 0 Å². The maximum Gasteiger partial charge on any atom is 0.337 e. The zero-order valence-electron chi connectivity index (χ0n) is 18.4. The van der Waals surface area contributed by atoms with E-state index in [9.17, 15) is 9.90 Å². The lowest BCUT2D eigenvalue weighted by Gasteiger charge is -2.33. The van der Waals surface area contributed by atoms with Gasteiger partial charge in [0.05, 0.1) is 28.9 Å². The third-order valence-electron chi connectivity index (χ3n) is 5.59. The van der Waals surface area contributed by atoms with Gasteiger partial charge in [-0.2, -0.15) is 0 Å². The molecule has 164 valence electrons. The lowest BCUT2D eigenvalue weighted by Crippen LogP contribution is -2.38. The first-order valence-corrected chi connectivity index (χ1v) is 10.6. The second kappa shape index (κ2) is 7.51. The SMILES string of the molecule is Cc1c([C@@H](OC(C)(C)C)C(=O)O)c(-c2ccc(Cl)cc2)c2nc(C)n3c2c1N(N)CC3. The number of nitrogens with zero attached hydrogens (tertiary/aromatic N) is 3. The highest BCUT2D eigenvalue weighted by Crippen LogP contribution is 2.46. The third-order valence-corrected chi connectivity index (χ3v) is 5.84. The molecule has 1 aliphatic heterocycles. The minimum absolute atomic E-state index is 0.564. The molecule has 0 spiro atoms. The Bertz CT molecular complexity index is 1180. The summed E-state index contributed by atoms with van der Waals surface area (Å²) in [6, 6.07) is 7.36. The molecule has 4 rings (SSSR count). The Kier molecular flexibility index (Phi) is 5.24. The minimum Gasteiger partial charge on any atom is -0.479 e. The number of hydrogen-bond acceptors (Lipinski definition) is 5. The van der Waals surface area contributed by atoms with E-state index in [1.807, 2.05) is 46.8 Å². The summed E-state index contributed by atoms with van der Waals surface area (Å²) in [6.07, 6.45) is -1.19. The van der Waals surface area contributed by atoms with Gasteiger partial charge < -0.3 is 19.4 Å². The number of aryl methyl sites for hydroxylation is 1. The summed E-state index contributed by atoms with van der Waals surface area (Å²) in [5, 5.41) is 12.5. The van der Waals surface area contributed by atoms with Crippen LogP contribution in [0.2, 0.25) is 5.02 Å². The predicted octanol–water partition coefficient (Wildman–Crippen LogP) is 4.61. The van der Waals surface area contributed by atoms with Crippen LogP contribution < -0.4 is 10.9 Å². The Morgan fingerprint density at radius 1 is 1.23 bits per heavy atom. The van der Waals surface area contributed by atoms with Gasteiger partial charge in [0.1, 0.15) is 5.82 Å². The number of benzene rings is 2. The van der Waals surface area contributed by atoms with E-state index in [4.69, 9.17) is 27.2 Å². The largest absolute Gasteiger partial charge is 0.479 e. The van der Waals surface area contributed by atoms with Crippen LogP contribution in [0.3, 0.4) is 0 Å². The second-order valence-electron chi connectivity index (χ2n) is 8.92. The highest BCUT2D eigenvalue weighted by molar-refractivity contribution is 6.30. The molecular weight excluding hydrogens is 416 g/mol. The van der Waals surface area contributed by atoms with Gasteiger partial charge in [-0.05, 0) is 57.9 Å². The minimum atomic E-state index is -1.19. The van der Waals surface area contributed by atoms with E-state index < -0.39 is 17.7 Å². The van der Waals surface area contributed by atoms with Crippen molar-refractivity contribution < 1.29 is 14.6 Å². The summed E-state index contributed by atoms with van der Waals surface area (Å²) >= 11 is 6.13. The molecule has 0 fully saturated rings. The number of anilines is 1. The van der Waals surface area contributed by atoms with Crippen LogP contribution in [0.4, 0.5) is 5.69 Å². The third kappa shape index (κ3) is 3.67. The standard InChI is InChI=1S/C23H27ClN4O3/c1-12-16(21(22(29)30)31-23(3,4)5)17(14-6-8-15(24)9-7-14)18-20-19(12)28(25)11-10-27(20)13(2)26-18/h6-9,21H,10-11,25H2,1-5H3,(H,29,30)/t21-/m1/s1. The lowest BCUT2D eigenvalue weighted by molar-refractivity contribution is -0.160. The average molecular weight is 443 g/mol. The summed E-state index contributed by atoms with van der Waals surface area (Å²) in [6.45, 7) is 10.7. The quantitative estimate of drug-likeness (QED) is 0.573. The van der Waals surface area contributed by atoms with E-state index in [2.05, 4.69) is 4.57 Å². The molecule has 2 heterocycles. The maximum atomic E-state index is 12.5. The molecule has 3 aromatic rings. The number of halogens is 1. The lowest BCUT2D eigenvalue weighted by atomic mass is 9.88. The number of aliphatic carboxylic acids is 1. The van der Waals surface area contributed by atoms with E-state index >= 15 is 0 Å². The molecule has 0 saturated heterocycles. The van der Waals surface area contributed by atoms with Crippen LogP contribution in [0.25, 0.3) is 22.2 Å². The van der Waals surface area contributed by atoms with E-state index in [0.717, 1.165) is 33.7 Å². The smallest absolute Gasteiger partial charge is 0.337 e. The Morgan fingerprint density at radius 2 is 1.87 bits per heavy atom. The van der Waals surface area contributed by atoms with Crippen LogP contribution in [-0.4, -0.2) is 32.8 Å². The van der Waals surface area contributed by atoms with Crippen molar-refractivity contribution in [3.8, 4) is 11.1 Å². The zero-order chi connectivity index (χ0) is 22.7. The van der Waals surface area contributed by atoms with Crippen molar-refractivity contribution in [3.63, 3.8) is 0 Å². The molecule has 1 atom stereocenters. The van der Waals surface area contributed by atoms with Crippen molar-refractivity contribution in [1.82, 2.24) is 9.55 Å². The Morgan fingerprint density at radius 3 is 2.45 bits per heavy atom. The monoisotopic (exact) mass is 442 g/mol.